The number of hydrogen-bond acceptors (Lipinski definition) is 2. The second kappa shape index (κ2) is 5.05. The van der Waals surface area contributed by atoms with Crippen molar-refractivity contribution in [1.82, 2.24) is 5.32 Å². The van der Waals surface area contributed by atoms with Gasteiger partial charge in [-0.2, -0.15) is 0 Å². The Morgan fingerprint density at radius 1 is 1.25 bits per heavy atom. The lowest BCUT2D eigenvalue weighted by molar-refractivity contribution is -0.101. The van der Waals surface area contributed by atoms with Crippen molar-refractivity contribution in [3.8, 4) is 0 Å². The predicted octanol–water partition coefficient (Wildman–Crippen LogP) is 2.83. The van der Waals surface area contributed by atoms with E-state index in [1.54, 1.807) is 0 Å². The first-order valence-corrected chi connectivity index (χ1v) is 6.92. The molecule has 2 fully saturated rings. The highest BCUT2D eigenvalue weighted by atomic mass is 16.5. The Hall–Kier alpha value is -0.0800. The third kappa shape index (κ3) is 2.78. The van der Waals surface area contributed by atoms with Crippen molar-refractivity contribution in [2.75, 3.05) is 19.8 Å². The summed E-state index contributed by atoms with van der Waals surface area (Å²) < 4.78 is 5.31. The summed E-state index contributed by atoms with van der Waals surface area (Å²) in [7, 11) is 0. The van der Waals surface area contributed by atoms with E-state index in [1.165, 1.54) is 25.7 Å². The quantitative estimate of drug-likeness (QED) is 0.794. The third-order valence-electron chi connectivity index (χ3n) is 4.37. The van der Waals surface area contributed by atoms with E-state index in [4.69, 9.17) is 4.74 Å². The smallest absolute Gasteiger partial charge is 0.0554 e. The van der Waals surface area contributed by atoms with E-state index in [0.717, 1.165) is 37.6 Å². The van der Waals surface area contributed by atoms with E-state index in [9.17, 15) is 0 Å². The molecular weight excluding hydrogens is 198 g/mol. The van der Waals surface area contributed by atoms with Crippen LogP contribution in [0.2, 0.25) is 0 Å². The van der Waals surface area contributed by atoms with Crippen molar-refractivity contribution in [3.05, 3.63) is 0 Å². The molecule has 0 bridgehead atoms. The molecule has 0 aromatic heterocycles. The second-order valence-electron chi connectivity index (χ2n) is 6.48. The van der Waals surface area contributed by atoms with Gasteiger partial charge in [0.1, 0.15) is 0 Å². The Balaban J connectivity index is 1.81. The minimum absolute atomic E-state index is 0.416. The van der Waals surface area contributed by atoms with Crippen LogP contribution in [0.1, 0.15) is 46.5 Å². The van der Waals surface area contributed by atoms with Crippen LogP contribution < -0.4 is 5.32 Å². The molecule has 0 radical (unpaired) electrons. The average molecular weight is 225 g/mol. The molecule has 2 unspecified atom stereocenters. The minimum Gasteiger partial charge on any atom is -0.380 e. The fourth-order valence-electron chi connectivity index (χ4n) is 3.14. The lowest BCUT2D eigenvalue weighted by Gasteiger charge is -2.42. The molecule has 2 heteroatoms. The van der Waals surface area contributed by atoms with Crippen molar-refractivity contribution < 1.29 is 4.74 Å². The van der Waals surface area contributed by atoms with Crippen molar-refractivity contribution in [2.45, 2.75) is 52.5 Å². The highest BCUT2D eigenvalue weighted by Gasteiger charge is 2.35. The molecular formula is C14H27NO. The molecule has 2 aliphatic rings. The molecule has 0 aromatic rings. The molecule has 2 nitrogen and oxygen atoms in total. The molecule has 1 saturated carbocycles. The first kappa shape index (κ1) is 12.4. The Kier molecular flexibility index (Phi) is 3.91. The molecule has 0 spiro atoms. The van der Waals surface area contributed by atoms with Gasteiger partial charge >= 0.3 is 0 Å². The van der Waals surface area contributed by atoms with E-state index >= 15 is 0 Å². The first-order valence-electron chi connectivity index (χ1n) is 6.92. The summed E-state index contributed by atoms with van der Waals surface area (Å²) in [5.74, 6) is 1.71. The molecule has 2 atom stereocenters. The maximum atomic E-state index is 5.31. The molecule has 1 aliphatic heterocycles. The summed E-state index contributed by atoms with van der Waals surface area (Å²) in [6.07, 6.45) is 5.64. The number of hydrogen-bond donors (Lipinski definition) is 1. The number of rotatable bonds is 4. The maximum Gasteiger partial charge on any atom is 0.0554 e. The zero-order valence-corrected chi connectivity index (χ0v) is 11.1. The van der Waals surface area contributed by atoms with E-state index in [1.807, 2.05) is 0 Å². The van der Waals surface area contributed by atoms with Gasteiger partial charge in [-0.05, 0) is 24.7 Å². The van der Waals surface area contributed by atoms with Crippen LogP contribution in [0.3, 0.4) is 0 Å². The standard InChI is InChI=1S/C14H27NO/c1-11(2)12-6-4-5-7-13(12)15-8-14(3)9-16-10-14/h11-13,15H,4-10H2,1-3H3. The summed E-state index contributed by atoms with van der Waals surface area (Å²) in [5.41, 5.74) is 0.416. The molecule has 1 heterocycles. The van der Waals surface area contributed by atoms with Gasteiger partial charge in [0, 0.05) is 18.0 Å². The maximum absolute atomic E-state index is 5.31. The van der Waals surface area contributed by atoms with Crippen LogP contribution in [0, 0.1) is 17.3 Å². The van der Waals surface area contributed by atoms with E-state index in [-0.39, 0.29) is 0 Å². The Morgan fingerprint density at radius 3 is 2.50 bits per heavy atom. The molecule has 2 rings (SSSR count). The van der Waals surface area contributed by atoms with Gasteiger partial charge in [0.05, 0.1) is 13.2 Å². The van der Waals surface area contributed by atoms with Crippen LogP contribution in [-0.4, -0.2) is 25.8 Å². The van der Waals surface area contributed by atoms with Crippen LogP contribution in [0.25, 0.3) is 0 Å². The van der Waals surface area contributed by atoms with E-state index in [0.29, 0.717) is 5.41 Å². The van der Waals surface area contributed by atoms with E-state index in [2.05, 4.69) is 26.1 Å². The van der Waals surface area contributed by atoms with Gasteiger partial charge in [0.15, 0.2) is 0 Å². The molecule has 1 aliphatic carbocycles. The number of ether oxygens (including phenoxy) is 1. The van der Waals surface area contributed by atoms with Crippen LogP contribution in [0.4, 0.5) is 0 Å². The lowest BCUT2D eigenvalue weighted by Crippen LogP contribution is -2.52. The van der Waals surface area contributed by atoms with Gasteiger partial charge in [0.2, 0.25) is 0 Å². The van der Waals surface area contributed by atoms with Crippen LogP contribution >= 0.6 is 0 Å². The first-order chi connectivity index (χ1) is 7.61. The predicted molar refractivity (Wildman–Crippen MR) is 67.5 cm³/mol. The van der Waals surface area contributed by atoms with E-state index < -0.39 is 0 Å². The molecule has 0 aromatic carbocycles. The largest absolute Gasteiger partial charge is 0.380 e. The monoisotopic (exact) mass is 225 g/mol. The molecule has 1 saturated heterocycles. The SMILES string of the molecule is CC(C)C1CCCCC1NCC1(C)COC1. The molecule has 1 N–H and O–H groups in total. The molecule has 0 amide bonds. The Bertz CT molecular complexity index is 223. The number of nitrogens with one attached hydrogen (secondary N) is 1. The van der Waals surface area contributed by atoms with Gasteiger partial charge in [0.25, 0.3) is 0 Å². The average Bonchev–Trinajstić information content (AvgIpc) is 2.24. The van der Waals surface area contributed by atoms with Crippen molar-refractivity contribution in [2.24, 2.45) is 17.3 Å². The zero-order chi connectivity index (χ0) is 11.6. The van der Waals surface area contributed by atoms with Gasteiger partial charge in [-0.1, -0.05) is 33.6 Å². The molecule has 94 valence electrons. The highest BCUT2D eigenvalue weighted by Crippen LogP contribution is 2.32. The van der Waals surface area contributed by atoms with Crippen LogP contribution in [-0.2, 0) is 4.74 Å². The Labute approximate surface area is 100 Å². The van der Waals surface area contributed by atoms with Gasteiger partial charge in [-0.25, -0.2) is 0 Å². The summed E-state index contributed by atoms with van der Waals surface area (Å²) in [6, 6.07) is 0.756. The summed E-state index contributed by atoms with van der Waals surface area (Å²) in [6.45, 7) is 10.1. The van der Waals surface area contributed by atoms with Gasteiger partial charge in [-0.3, -0.25) is 0 Å². The lowest BCUT2D eigenvalue weighted by atomic mass is 9.77. The fourth-order valence-corrected chi connectivity index (χ4v) is 3.14. The van der Waals surface area contributed by atoms with Gasteiger partial charge in [-0.15, -0.1) is 0 Å². The topological polar surface area (TPSA) is 21.3 Å². The summed E-state index contributed by atoms with van der Waals surface area (Å²) in [4.78, 5) is 0. The summed E-state index contributed by atoms with van der Waals surface area (Å²) in [5, 5.41) is 3.82. The van der Waals surface area contributed by atoms with Crippen LogP contribution in [0.5, 0.6) is 0 Å². The summed E-state index contributed by atoms with van der Waals surface area (Å²) >= 11 is 0. The third-order valence-corrected chi connectivity index (χ3v) is 4.37. The minimum atomic E-state index is 0.416. The van der Waals surface area contributed by atoms with Crippen LogP contribution in [0.15, 0.2) is 0 Å². The zero-order valence-electron chi connectivity index (χ0n) is 11.1. The highest BCUT2D eigenvalue weighted by molar-refractivity contribution is 4.88. The van der Waals surface area contributed by atoms with Crippen molar-refractivity contribution >= 4 is 0 Å². The van der Waals surface area contributed by atoms with Gasteiger partial charge < -0.3 is 10.1 Å². The van der Waals surface area contributed by atoms with Crippen molar-refractivity contribution in [3.63, 3.8) is 0 Å². The molecule has 16 heavy (non-hydrogen) atoms. The second-order valence-corrected chi connectivity index (χ2v) is 6.48. The normalized spacial score (nSPS) is 33.8. The Morgan fingerprint density at radius 2 is 1.94 bits per heavy atom. The fraction of sp³-hybridized carbons (Fsp3) is 1.00. The van der Waals surface area contributed by atoms with Crippen molar-refractivity contribution in [1.29, 1.82) is 0 Å².